The van der Waals surface area contributed by atoms with Gasteiger partial charge in [0.05, 0.1) is 10.6 Å². The van der Waals surface area contributed by atoms with Gasteiger partial charge in [-0.1, -0.05) is 89.6 Å². The molecule has 1 aliphatic rings. The molecule has 0 radical (unpaired) electrons. The highest BCUT2D eigenvalue weighted by Crippen LogP contribution is 2.28. The third-order valence-corrected chi connectivity index (χ3v) is 10.3. The highest BCUT2D eigenvalue weighted by atomic mass is 79.9. The Hall–Kier alpha value is -2.59. The van der Waals surface area contributed by atoms with E-state index in [1.54, 1.807) is 60.7 Å². The topological polar surface area (TPSA) is 86.8 Å². The summed E-state index contributed by atoms with van der Waals surface area (Å²) < 4.78 is 29.6. The van der Waals surface area contributed by atoms with E-state index in [1.807, 2.05) is 6.92 Å². The first-order valence-electron chi connectivity index (χ1n) is 14.0. The highest BCUT2D eigenvalue weighted by molar-refractivity contribution is 9.10. The Bertz CT molecular complexity index is 1480. The van der Waals surface area contributed by atoms with Gasteiger partial charge in [-0.25, -0.2) is 8.42 Å². The van der Waals surface area contributed by atoms with Crippen LogP contribution in [0.15, 0.2) is 82.2 Å². The molecule has 0 aromatic heterocycles. The molecule has 0 unspecified atom stereocenters. The minimum absolute atomic E-state index is 0.00495. The van der Waals surface area contributed by atoms with Gasteiger partial charge < -0.3 is 10.2 Å². The maximum absolute atomic E-state index is 14.2. The number of nitrogens with zero attached hydrogens (tertiary/aromatic N) is 2. The van der Waals surface area contributed by atoms with Gasteiger partial charge in [-0.3, -0.25) is 13.9 Å². The van der Waals surface area contributed by atoms with E-state index < -0.39 is 28.5 Å². The van der Waals surface area contributed by atoms with E-state index in [4.69, 9.17) is 23.2 Å². The van der Waals surface area contributed by atoms with Crippen LogP contribution in [0.4, 0.5) is 5.69 Å². The first kappa shape index (κ1) is 32.3. The lowest BCUT2D eigenvalue weighted by molar-refractivity contribution is -0.140. The number of hydrogen-bond acceptors (Lipinski definition) is 4. The largest absolute Gasteiger partial charge is 0.352 e. The van der Waals surface area contributed by atoms with Gasteiger partial charge in [0, 0.05) is 27.1 Å². The summed E-state index contributed by atoms with van der Waals surface area (Å²) in [5.74, 6) is -0.793. The Morgan fingerprint density at radius 2 is 1.64 bits per heavy atom. The quantitative estimate of drug-likeness (QED) is 0.230. The van der Waals surface area contributed by atoms with Gasteiger partial charge >= 0.3 is 0 Å². The molecule has 2 amide bonds. The third kappa shape index (κ3) is 8.07. The number of amides is 2. The number of rotatable bonds is 11. The second kappa shape index (κ2) is 14.7. The summed E-state index contributed by atoms with van der Waals surface area (Å²) in [4.78, 5) is 29.3. The Morgan fingerprint density at radius 1 is 0.976 bits per heavy atom. The molecule has 1 aliphatic carbocycles. The van der Waals surface area contributed by atoms with Crippen molar-refractivity contribution in [2.24, 2.45) is 0 Å². The van der Waals surface area contributed by atoms with Crippen molar-refractivity contribution in [1.29, 1.82) is 0 Å². The van der Waals surface area contributed by atoms with E-state index in [0.717, 1.165) is 40.9 Å². The number of halogens is 3. The third-order valence-electron chi connectivity index (χ3n) is 7.42. The molecule has 1 saturated carbocycles. The molecule has 3 aromatic carbocycles. The number of carbonyl (C=O) groups excluding carboxylic acids is 2. The zero-order chi connectivity index (χ0) is 30.3. The van der Waals surface area contributed by atoms with Gasteiger partial charge in [0.25, 0.3) is 10.0 Å². The van der Waals surface area contributed by atoms with Crippen molar-refractivity contribution in [3.63, 3.8) is 0 Å². The monoisotopic (exact) mass is 693 g/mol. The summed E-state index contributed by atoms with van der Waals surface area (Å²) in [5, 5.41) is 3.93. The van der Waals surface area contributed by atoms with Crippen molar-refractivity contribution in [2.75, 3.05) is 10.8 Å². The maximum Gasteiger partial charge on any atom is 0.264 e. The van der Waals surface area contributed by atoms with E-state index in [9.17, 15) is 18.0 Å². The molecule has 1 atom stereocenters. The van der Waals surface area contributed by atoms with Crippen molar-refractivity contribution < 1.29 is 18.0 Å². The van der Waals surface area contributed by atoms with Crippen LogP contribution in [-0.4, -0.2) is 43.8 Å². The fourth-order valence-electron chi connectivity index (χ4n) is 5.15. The smallest absolute Gasteiger partial charge is 0.264 e. The Balaban J connectivity index is 1.71. The number of sulfonamides is 1. The van der Waals surface area contributed by atoms with Crippen LogP contribution in [0.1, 0.15) is 51.0 Å². The number of nitrogens with one attached hydrogen (secondary N) is 1. The summed E-state index contributed by atoms with van der Waals surface area (Å²) in [6.07, 6.45) is 5.36. The standard InChI is InChI=1S/C31H34BrCl2N3O4S/c1-2-29(31(39)35-25-9-5-3-6-10-25)36(20-22-13-16-24(33)19-28(22)34)30(38)21-37(26-17-14-23(32)15-18-26)42(40,41)27-11-7-4-8-12-27/h4,7-8,11-19,25,29H,2-3,5-6,9-10,20-21H2,1H3,(H,35,39)/t29-/m0/s1. The molecule has 0 bridgehead atoms. The maximum atomic E-state index is 14.2. The summed E-state index contributed by atoms with van der Waals surface area (Å²) in [6, 6.07) is 18.8. The normalized spacial score (nSPS) is 14.7. The van der Waals surface area contributed by atoms with Crippen molar-refractivity contribution in [1.82, 2.24) is 10.2 Å². The van der Waals surface area contributed by atoms with Crippen LogP contribution in [0, 0.1) is 0 Å². The van der Waals surface area contributed by atoms with E-state index in [-0.39, 0.29) is 23.4 Å². The predicted molar refractivity (Wildman–Crippen MR) is 171 cm³/mol. The van der Waals surface area contributed by atoms with Crippen LogP contribution < -0.4 is 9.62 Å². The van der Waals surface area contributed by atoms with Crippen molar-refractivity contribution >= 4 is 66.7 Å². The zero-order valence-electron chi connectivity index (χ0n) is 23.3. The molecule has 0 aliphatic heterocycles. The molecule has 1 fully saturated rings. The van der Waals surface area contributed by atoms with E-state index >= 15 is 0 Å². The van der Waals surface area contributed by atoms with Crippen LogP contribution in [0.5, 0.6) is 0 Å². The van der Waals surface area contributed by atoms with Gasteiger partial charge in [0.1, 0.15) is 12.6 Å². The molecular weight excluding hydrogens is 661 g/mol. The number of anilines is 1. The molecule has 4 rings (SSSR count). The van der Waals surface area contributed by atoms with Gasteiger partial charge in [-0.15, -0.1) is 0 Å². The summed E-state index contributed by atoms with van der Waals surface area (Å²) in [7, 11) is -4.13. The Labute approximate surface area is 266 Å². The minimum atomic E-state index is -4.13. The second-order valence-corrected chi connectivity index (χ2v) is 13.9. The molecule has 1 N–H and O–H groups in total. The SMILES string of the molecule is CC[C@@H](C(=O)NC1CCCCC1)N(Cc1ccc(Cl)cc1Cl)C(=O)CN(c1ccc(Br)cc1)S(=O)(=O)c1ccccc1. The van der Waals surface area contributed by atoms with Crippen molar-refractivity contribution in [2.45, 2.75) is 69.0 Å². The molecular formula is C31H34BrCl2N3O4S. The number of hydrogen-bond donors (Lipinski definition) is 1. The average molecular weight is 696 g/mol. The van der Waals surface area contributed by atoms with E-state index in [1.165, 1.54) is 17.0 Å². The minimum Gasteiger partial charge on any atom is -0.352 e. The average Bonchev–Trinajstić information content (AvgIpc) is 2.98. The molecule has 224 valence electrons. The molecule has 3 aromatic rings. The lowest BCUT2D eigenvalue weighted by atomic mass is 9.95. The first-order valence-corrected chi connectivity index (χ1v) is 17.0. The summed E-state index contributed by atoms with van der Waals surface area (Å²) in [6.45, 7) is 1.32. The van der Waals surface area contributed by atoms with E-state index in [2.05, 4.69) is 21.2 Å². The Kier molecular flexibility index (Phi) is 11.3. The molecule has 0 heterocycles. The zero-order valence-corrected chi connectivity index (χ0v) is 27.2. The van der Waals surface area contributed by atoms with Gasteiger partial charge in [-0.2, -0.15) is 0 Å². The molecule has 0 spiro atoms. The van der Waals surface area contributed by atoms with Crippen LogP contribution in [0.2, 0.25) is 10.0 Å². The predicted octanol–water partition coefficient (Wildman–Crippen LogP) is 7.21. The van der Waals surface area contributed by atoms with Crippen LogP contribution in [0.3, 0.4) is 0 Å². The Morgan fingerprint density at radius 3 is 2.26 bits per heavy atom. The van der Waals surface area contributed by atoms with Crippen LogP contribution in [0.25, 0.3) is 0 Å². The number of benzene rings is 3. The molecule has 42 heavy (non-hydrogen) atoms. The second-order valence-electron chi connectivity index (χ2n) is 10.3. The van der Waals surface area contributed by atoms with Crippen LogP contribution in [-0.2, 0) is 26.2 Å². The van der Waals surface area contributed by atoms with Crippen molar-refractivity contribution in [3.8, 4) is 0 Å². The number of carbonyl (C=O) groups is 2. The molecule has 0 saturated heterocycles. The lowest BCUT2D eigenvalue weighted by Gasteiger charge is -2.34. The summed E-state index contributed by atoms with van der Waals surface area (Å²) >= 11 is 16.0. The van der Waals surface area contributed by atoms with Crippen LogP contribution >= 0.6 is 39.1 Å². The lowest BCUT2D eigenvalue weighted by Crippen LogP contribution is -2.54. The fourth-order valence-corrected chi connectivity index (χ4v) is 7.32. The van der Waals surface area contributed by atoms with Gasteiger partial charge in [0.15, 0.2) is 0 Å². The highest BCUT2D eigenvalue weighted by Gasteiger charge is 2.34. The van der Waals surface area contributed by atoms with E-state index in [0.29, 0.717) is 27.7 Å². The van der Waals surface area contributed by atoms with Crippen molar-refractivity contribution in [3.05, 3.63) is 92.9 Å². The summed E-state index contributed by atoms with van der Waals surface area (Å²) in [5.41, 5.74) is 0.916. The van der Waals surface area contributed by atoms with Gasteiger partial charge in [0.2, 0.25) is 11.8 Å². The van der Waals surface area contributed by atoms with Gasteiger partial charge in [-0.05, 0) is 73.4 Å². The fraction of sp³-hybridized carbons (Fsp3) is 0.355. The molecule has 11 heteroatoms. The first-order chi connectivity index (χ1) is 20.1. The molecule has 7 nitrogen and oxygen atoms in total.